The van der Waals surface area contributed by atoms with Crippen molar-refractivity contribution in [3.63, 3.8) is 0 Å². The summed E-state index contributed by atoms with van der Waals surface area (Å²) < 4.78 is 46.8. The van der Waals surface area contributed by atoms with Gasteiger partial charge in [-0.15, -0.1) is 11.3 Å². The van der Waals surface area contributed by atoms with Gasteiger partial charge in [-0.3, -0.25) is 23.9 Å². The molecule has 4 heterocycles. The van der Waals surface area contributed by atoms with E-state index in [1.807, 2.05) is 6.92 Å². The van der Waals surface area contributed by atoms with Crippen molar-refractivity contribution in [1.82, 2.24) is 19.1 Å². The number of halogens is 4. The summed E-state index contributed by atoms with van der Waals surface area (Å²) in [6, 6.07) is 11.5. The van der Waals surface area contributed by atoms with Crippen LogP contribution in [0.2, 0.25) is 5.02 Å². The summed E-state index contributed by atoms with van der Waals surface area (Å²) in [5.74, 6) is 1.17. The van der Waals surface area contributed by atoms with Gasteiger partial charge >= 0.3 is 11.9 Å². The van der Waals surface area contributed by atoms with Crippen LogP contribution in [0, 0.1) is 6.92 Å². The topological polar surface area (TPSA) is 79.0 Å². The monoisotopic (exact) mass is 558 g/mol. The van der Waals surface area contributed by atoms with Crippen molar-refractivity contribution in [2.45, 2.75) is 26.2 Å². The summed E-state index contributed by atoms with van der Waals surface area (Å²) in [6.45, 7) is 0.183. The van der Waals surface area contributed by atoms with E-state index in [-0.39, 0.29) is 6.54 Å². The van der Waals surface area contributed by atoms with E-state index in [0.29, 0.717) is 37.0 Å². The molecule has 38 heavy (non-hydrogen) atoms. The van der Waals surface area contributed by atoms with E-state index in [0.717, 1.165) is 32.7 Å². The standard InChI is InChI=1S/C26H18ClF3N4O3S/c1-15-10-16(27)11-20(23(15)37-17-2-6-31-7-3-17)19-4-8-32-21-12-18(38-24(19)21)13-34-22(35)5-9-33(25(34)36)14-26(28,29)30/h2-12H,13-14H2,1H3. The quantitative estimate of drug-likeness (QED) is 0.254. The smallest absolute Gasteiger partial charge is 0.406 e. The molecule has 0 saturated heterocycles. The molecule has 1 aromatic carbocycles. The number of nitrogens with zero attached hydrogens (tertiary/aromatic N) is 4. The largest absolute Gasteiger partial charge is 0.456 e. The second-order valence-electron chi connectivity index (χ2n) is 8.44. The van der Waals surface area contributed by atoms with Gasteiger partial charge in [0.2, 0.25) is 0 Å². The van der Waals surface area contributed by atoms with Gasteiger partial charge in [0.25, 0.3) is 5.56 Å². The first kappa shape index (κ1) is 25.7. The van der Waals surface area contributed by atoms with Crippen molar-refractivity contribution in [2.24, 2.45) is 0 Å². The number of alkyl halides is 3. The normalized spacial score (nSPS) is 11.7. The third kappa shape index (κ3) is 5.34. The highest BCUT2D eigenvalue weighted by Gasteiger charge is 2.29. The Morgan fingerprint density at radius 1 is 1.03 bits per heavy atom. The average molecular weight is 559 g/mol. The van der Waals surface area contributed by atoms with Crippen molar-refractivity contribution in [2.75, 3.05) is 0 Å². The number of thiophene rings is 1. The molecule has 0 aliphatic rings. The number of benzene rings is 1. The molecule has 5 aromatic rings. The van der Waals surface area contributed by atoms with Gasteiger partial charge in [-0.25, -0.2) is 4.79 Å². The van der Waals surface area contributed by atoms with Crippen LogP contribution in [0.1, 0.15) is 10.4 Å². The predicted octanol–water partition coefficient (Wildman–Crippen LogP) is 6.05. The summed E-state index contributed by atoms with van der Waals surface area (Å²) in [7, 11) is 0. The van der Waals surface area contributed by atoms with Crippen LogP contribution in [0.5, 0.6) is 11.5 Å². The Kier molecular flexibility index (Phi) is 6.80. The lowest BCUT2D eigenvalue weighted by molar-refractivity contribution is -0.141. The molecule has 0 radical (unpaired) electrons. The molecule has 0 aliphatic carbocycles. The number of hydrogen-bond acceptors (Lipinski definition) is 6. The summed E-state index contributed by atoms with van der Waals surface area (Å²) in [4.78, 5) is 34.0. The highest BCUT2D eigenvalue weighted by molar-refractivity contribution is 7.19. The van der Waals surface area contributed by atoms with Crippen LogP contribution in [0.3, 0.4) is 0 Å². The number of rotatable bonds is 6. The van der Waals surface area contributed by atoms with E-state index in [2.05, 4.69) is 9.97 Å². The molecule has 0 bridgehead atoms. The molecular weight excluding hydrogens is 541 g/mol. The average Bonchev–Trinajstić information content (AvgIpc) is 3.28. The third-order valence-electron chi connectivity index (χ3n) is 5.67. The van der Waals surface area contributed by atoms with Crippen LogP contribution in [0.15, 0.2) is 76.8 Å². The van der Waals surface area contributed by atoms with Gasteiger partial charge in [0, 0.05) is 51.9 Å². The summed E-state index contributed by atoms with van der Waals surface area (Å²) in [6.07, 6.45) is 1.10. The summed E-state index contributed by atoms with van der Waals surface area (Å²) in [5, 5.41) is 0.502. The Morgan fingerprint density at radius 3 is 2.53 bits per heavy atom. The first-order valence-electron chi connectivity index (χ1n) is 11.2. The van der Waals surface area contributed by atoms with Crippen LogP contribution in [0.25, 0.3) is 21.3 Å². The van der Waals surface area contributed by atoms with Crippen LogP contribution < -0.4 is 16.0 Å². The fraction of sp³-hybridized carbons (Fsp3) is 0.154. The first-order chi connectivity index (χ1) is 18.1. The maximum absolute atomic E-state index is 12.9. The van der Waals surface area contributed by atoms with E-state index < -0.39 is 24.0 Å². The number of hydrogen-bond donors (Lipinski definition) is 0. The van der Waals surface area contributed by atoms with E-state index in [1.165, 1.54) is 11.3 Å². The molecule has 7 nitrogen and oxygen atoms in total. The molecule has 0 fully saturated rings. The Labute approximate surface area is 222 Å². The molecule has 0 N–H and O–H groups in total. The van der Waals surface area contributed by atoms with E-state index in [9.17, 15) is 22.8 Å². The Hall–Kier alpha value is -3.96. The van der Waals surface area contributed by atoms with Crippen molar-refractivity contribution in [1.29, 1.82) is 0 Å². The van der Waals surface area contributed by atoms with Gasteiger partial charge in [0.15, 0.2) is 0 Å². The minimum absolute atomic E-state index is 0.203. The van der Waals surface area contributed by atoms with Gasteiger partial charge in [0.1, 0.15) is 18.0 Å². The molecule has 0 unspecified atom stereocenters. The number of aryl methyl sites for hydroxylation is 1. The van der Waals surface area contributed by atoms with Crippen LogP contribution in [-0.4, -0.2) is 25.3 Å². The van der Waals surface area contributed by atoms with E-state index in [1.54, 1.807) is 55.0 Å². The molecule has 0 aliphatic heterocycles. The number of aromatic nitrogens is 4. The Bertz CT molecular complexity index is 1760. The summed E-state index contributed by atoms with van der Waals surface area (Å²) in [5.41, 5.74) is 1.12. The van der Waals surface area contributed by atoms with Crippen LogP contribution in [-0.2, 0) is 13.1 Å². The molecule has 4 aromatic heterocycles. The third-order valence-corrected chi connectivity index (χ3v) is 7.03. The summed E-state index contributed by atoms with van der Waals surface area (Å²) >= 11 is 7.68. The van der Waals surface area contributed by atoms with Gasteiger partial charge in [-0.1, -0.05) is 11.6 Å². The zero-order valence-corrected chi connectivity index (χ0v) is 21.3. The van der Waals surface area contributed by atoms with Crippen molar-refractivity contribution >= 4 is 33.2 Å². The number of pyridine rings is 2. The SMILES string of the molecule is Cc1cc(Cl)cc(-c2ccnc3cc(Cn4c(=O)ccn(CC(F)(F)F)c4=O)sc23)c1Oc1ccncc1. The minimum atomic E-state index is -4.60. The number of fused-ring (bicyclic) bond motifs is 1. The van der Waals surface area contributed by atoms with Crippen molar-refractivity contribution in [3.8, 4) is 22.6 Å². The second kappa shape index (κ2) is 10.1. The number of ether oxygens (including phenoxy) is 1. The fourth-order valence-electron chi connectivity index (χ4n) is 4.04. The Morgan fingerprint density at radius 2 is 1.79 bits per heavy atom. The molecule has 0 amide bonds. The first-order valence-corrected chi connectivity index (χ1v) is 12.4. The van der Waals surface area contributed by atoms with Crippen molar-refractivity contribution < 1.29 is 17.9 Å². The fourth-order valence-corrected chi connectivity index (χ4v) is 5.44. The lowest BCUT2D eigenvalue weighted by atomic mass is 10.0. The molecule has 0 atom stereocenters. The molecule has 5 rings (SSSR count). The lowest BCUT2D eigenvalue weighted by Crippen LogP contribution is -2.41. The van der Waals surface area contributed by atoms with Crippen LogP contribution >= 0.6 is 22.9 Å². The zero-order chi connectivity index (χ0) is 27.0. The Balaban J connectivity index is 1.59. The molecular formula is C26H18ClF3N4O3S. The van der Waals surface area contributed by atoms with Gasteiger partial charge < -0.3 is 4.74 Å². The predicted molar refractivity (Wildman–Crippen MR) is 139 cm³/mol. The highest BCUT2D eigenvalue weighted by atomic mass is 35.5. The van der Waals surface area contributed by atoms with Gasteiger partial charge in [0.05, 0.1) is 16.8 Å². The molecule has 12 heteroatoms. The van der Waals surface area contributed by atoms with Crippen molar-refractivity contribution in [3.05, 3.63) is 104 Å². The molecule has 0 saturated carbocycles. The minimum Gasteiger partial charge on any atom is -0.456 e. The maximum atomic E-state index is 12.9. The molecule has 194 valence electrons. The van der Waals surface area contributed by atoms with Crippen LogP contribution in [0.4, 0.5) is 13.2 Å². The molecule has 0 spiro atoms. The second-order valence-corrected chi connectivity index (χ2v) is 10.0. The van der Waals surface area contributed by atoms with E-state index >= 15 is 0 Å². The van der Waals surface area contributed by atoms with Gasteiger partial charge in [-0.2, -0.15) is 13.2 Å². The maximum Gasteiger partial charge on any atom is 0.406 e. The van der Waals surface area contributed by atoms with Gasteiger partial charge in [-0.05, 0) is 48.9 Å². The lowest BCUT2D eigenvalue weighted by Gasteiger charge is -2.15. The van der Waals surface area contributed by atoms with E-state index in [4.69, 9.17) is 16.3 Å². The zero-order valence-electron chi connectivity index (χ0n) is 19.7. The highest BCUT2D eigenvalue weighted by Crippen LogP contribution is 2.42.